The Morgan fingerprint density at radius 3 is 2.44 bits per heavy atom. The van der Waals surface area contributed by atoms with E-state index in [1.165, 1.54) is 11.3 Å². The van der Waals surface area contributed by atoms with Crippen LogP contribution in [-0.2, 0) is 6.54 Å². The number of hydrogen-bond acceptors (Lipinski definition) is 2. The number of nitrogens with zero attached hydrogens (tertiary/aromatic N) is 1. The summed E-state index contributed by atoms with van der Waals surface area (Å²) in [7, 11) is 4.10. The monoisotopic (exact) mass is 216 g/mol. The van der Waals surface area contributed by atoms with Gasteiger partial charge in [-0.05, 0) is 24.6 Å². The van der Waals surface area contributed by atoms with Gasteiger partial charge in [-0.2, -0.15) is 0 Å². The second-order valence-electron chi connectivity index (χ2n) is 3.91. The summed E-state index contributed by atoms with van der Waals surface area (Å²) in [6, 6.07) is 8.60. The molecule has 0 heterocycles. The van der Waals surface area contributed by atoms with Gasteiger partial charge in [-0.25, -0.2) is 0 Å². The van der Waals surface area contributed by atoms with Crippen LogP contribution in [0.25, 0.3) is 0 Å². The fourth-order valence-corrected chi connectivity index (χ4v) is 1.42. The molecule has 0 aromatic heterocycles. The standard InChI is InChI=1S/C14H20N2/c1-4-5-6-11-15-12-13-7-9-14(10-8-13)16(2)3/h7-10,15H,6,11-12H2,1-3H3. The molecule has 0 unspecified atom stereocenters. The lowest BCUT2D eigenvalue weighted by atomic mass is 10.2. The summed E-state index contributed by atoms with van der Waals surface area (Å²) in [6.45, 7) is 3.75. The Hall–Kier alpha value is -1.46. The van der Waals surface area contributed by atoms with E-state index in [-0.39, 0.29) is 0 Å². The molecule has 1 aromatic rings. The van der Waals surface area contributed by atoms with E-state index in [0.717, 1.165) is 19.5 Å². The third-order valence-electron chi connectivity index (χ3n) is 2.39. The number of nitrogens with one attached hydrogen (secondary N) is 1. The minimum absolute atomic E-state index is 0.916. The van der Waals surface area contributed by atoms with Gasteiger partial charge in [0.1, 0.15) is 0 Å². The summed E-state index contributed by atoms with van der Waals surface area (Å²) < 4.78 is 0. The predicted octanol–water partition coefficient (Wildman–Crippen LogP) is 2.26. The predicted molar refractivity (Wildman–Crippen MR) is 70.5 cm³/mol. The van der Waals surface area contributed by atoms with E-state index in [0.29, 0.717) is 0 Å². The van der Waals surface area contributed by atoms with Gasteiger partial charge in [-0.3, -0.25) is 0 Å². The second-order valence-corrected chi connectivity index (χ2v) is 3.91. The summed E-state index contributed by atoms with van der Waals surface area (Å²) in [4.78, 5) is 2.11. The molecule has 1 aromatic carbocycles. The lowest BCUT2D eigenvalue weighted by molar-refractivity contribution is 0.701. The van der Waals surface area contributed by atoms with Crippen molar-refractivity contribution in [1.82, 2.24) is 5.32 Å². The molecule has 0 radical (unpaired) electrons. The minimum atomic E-state index is 0.916. The van der Waals surface area contributed by atoms with E-state index in [4.69, 9.17) is 0 Å². The Bertz CT molecular complexity index is 355. The molecule has 0 atom stereocenters. The summed E-state index contributed by atoms with van der Waals surface area (Å²) >= 11 is 0. The van der Waals surface area contributed by atoms with Crippen molar-refractivity contribution in [3.05, 3.63) is 29.8 Å². The summed E-state index contributed by atoms with van der Waals surface area (Å²) in [5.74, 6) is 5.93. The fraction of sp³-hybridized carbons (Fsp3) is 0.429. The maximum absolute atomic E-state index is 3.37. The first-order valence-electron chi connectivity index (χ1n) is 5.60. The Balaban J connectivity index is 2.34. The molecule has 0 aliphatic rings. The van der Waals surface area contributed by atoms with Crippen LogP contribution in [0.3, 0.4) is 0 Å². The smallest absolute Gasteiger partial charge is 0.0361 e. The largest absolute Gasteiger partial charge is 0.378 e. The van der Waals surface area contributed by atoms with Crippen molar-refractivity contribution in [2.24, 2.45) is 0 Å². The van der Waals surface area contributed by atoms with E-state index in [1.807, 2.05) is 6.92 Å². The minimum Gasteiger partial charge on any atom is -0.378 e. The Morgan fingerprint density at radius 2 is 1.88 bits per heavy atom. The molecule has 0 aliphatic heterocycles. The van der Waals surface area contributed by atoms with Crippen LogP contribution in [0.5, 0.6) is 0 Å². The average Bonchev–Trinajstić information content (AvgIpc) is 2.29. The number of benzene rings is 1. The molecular formula is C14H20N2. The maximum atomic E-state index is 3.37. The summed E-state index contributed by atoms with van der Waals surface area (Å²) in [5, 5.41) is 3.37. The van der Waals surface area contributed by atoms with Gasteiger partial charge in [0.15, 0.2) is 0 Å². The Morgan fingerprint density at radius 1 is 1.19 bits per heavy atom. The van der Waals surface area contributed by atoms with Crippen molar-refractivity contribution < 1.29 is 0 Å². The summed E-state index contributed by atoms with van der Waals surface area (Å²) in [5.41, 5.74) is 2.55. The fourth-order valence-electron chi connectivity index (χ4n) is 1.42. The van der Waals surface area contributed by atoms with E-state index in [1.54, 1.807) is 0 Å². The molecule has 0 bridgehead atoms. The number of hydrogen-bond donors (Lipinski definition) is 1. The Labute approximate surface area is 98.7 Å². The van der Waals surface area contributed by atoms with E-state index >= 15 is 0 Å². The van der Waals surface area contributed by atoms with Gasteiger partial charge in [0.05, 0.1) is 0 Å². The average molecular weight is 216 g/mol. The van der Waals surface area contributed by atoms with Crippen LogP contribution in [0.4, 0.5) is 5.69 Å². The first kappa shape index (κ1) is 12.6. The SMILES string of the molecule is CC#CCCNCc1ccc(N(C)C)cc1. The first-order valence-corrected chi connectivity index (χ1v) is 5.60. The van der Waals surface area contributed by atoms with Gasteiger partial charge in [0, 0.05) is 39.3 Å². The molecule has 0 amide bonds. The van der Waals surface area contributed by atoms with Crippen LogP contribution in [0.15, 0.2) is 24.3 Å². The molecule has 16 heavy (non-hydrogen) atoms. The van der Waals surface area contributed by atoms with Gasteiger partial charge >= 0.3 is 0 Å². The maximum Gasteiger partial charge on any atom is 0.0361 e. The van der Waals surface area contributed by atoms with Crippen LogP contribution in [-0.4, -0.2) is 20.6 Å². The van der Waals surface area contributed by atoms with Crippen LogP contribution < -0.4 is 10.2 Å². The molecule has 2 heteroatoms. The van der Waals surface area contributed by atoms with Crippen LogP contribution in [0.2, 0.25) is 0 Å². The van der Waals surface area contributed by atoms with Crippen molar-refractivity contribution >= 4 is 5.69 Å². The highest BCUT2D eigenvalue weighted by Gasteiger charge is 1.95. The molecule has 86 valence electrons. The van der Waals surface area contributed by atoms with E-state index < -0.39 is 0 Å². The van der Waals surface area contributed by atoms with Crippen molar-refractivity contribution in [2.75, 3.05) is 25.5 Å². The topological polar surface area (TPSA) is 15.3 Å². The molecule has 0 aliphatic carbocycles. The van der Waals surface area contributed by atoms with Crippen molar-refractivity contribution in [3.63, 3.8) is 0 Å². The Kier molecular flexibility index (Phi) is 5.45. The van der Waals surface area contributed by atoms with Crippen LogP contribution in [0, 0.1) is 11.8 Å². The van der Waals surface area contributed by atoms with Crippen molar-refractivity contribution in [1.29, 1.82) is 0 Å². The quantitative estimate of drug-likeness (QED) is 0.600. The highest BCUT2D eigenvalue weighted by atomic mass is 15.1. The number of rotatable bonds is 5. The third kappa shape index (κ3) is 4.37. The highest BCUT2D eigenvalue weighted by molar-refractivity contribution is 5.45. The molecule has 0 saturated carbocycles. The van der Waals surface area contributed by atoms with E-state index in [2.05, 4.69) is 60.4 Å². The zero-order valence-electron chi connectivity index (χ0n) is 10.4. The summed E-state index contributed by atoms with van der Waals surface area (Å²) in [6.07, 6.45) is 0.923. The van der Waals surface area contributed by atoms with Gasteiger partial charge in [-0.1, -0.05) is 12.1 Å². The molecule has 0 saturated heterocycles. The lowest BCUT2D eigenvalue weighted by Crippen LogP contribution is -2.14. The van der Waals surface area contributed by atoms with Crippen LogP contribution >= 0.6 is 0 Å². The molecular weight excluding hydrogens is 196 g/mol. The zero-order valence-corrected chi connectivity index (χ0v) is 10.4. The molecule has 1 N–H and O–H groups in total. The van der Waals surface area contributed by atoms with Gasteiger partial charge in [-0.15, -0.1) is 11.8 Å². The second kappa shape index (κ2) is 6.92. The third-order valence-corrected chi connectivity index (χ3v) is 2.39. The van der Waals surface area contributed by atoms with E-state index in [9.17, 15) is 0 Å². The number of anilines is 1. The van der Waals surface area contributed by atoms with Crippen molar-refractivity contribution in [3.8, 4) is 11.8 Å². The molecule has 1 rings (SSSR count). The zero-order chi connectivity index (χ0) is 11.8. The first-order chi connectivity index (χ1) is 7.74. The van der Waals surface area contributed by atoms with Crippen LogP contribution in [0.1, 0.15) is 18.9 Å². The lowest BCUT2D eigenvalue weighted by Gasteiger charge is -2.12. The van der Waals surface area contributed by atoms with Gasteiger partial charge < -0.3 is 10.2 Å². The molecule has 0 fully saturated rings. The highest BCUT2D eigenvalue weighted by Crippen LogP contribution is 2.11. The van der Waals surface area contributed by atoms with Gasteiger partial charge in [0.2, 0.25) is 0 Å². The van der Waals surface area contributed by atoms with Crippen molar-refractivity contribution in [2.45, 2.75) is 19.9 Å². The van der Waals surface area contributed by atoms with Gasteiger partial charge in [0.25, 0.3) is 0 Å². The molecule has 0 spiro atoms. The normalized spacial score (nSPS) is 9.44. The molecule has 2 nitrogen and oxygen atoms in total.